The van der Waals surface area contributed by atoms with Crippen LogP contribution in [0.25, 0.3) is 0 Å². The van der Waals surface area contributed by atoms with Crippen LogP contribution in [-0.2, 0) is 0 Å². The van der Waals surface area contributed by atoms with Crippen LogP contribution >= 0.6 is 22.9 Å². The van der Waals surface area contributed by atoms with Gasteiger partial charge in [0, 0.05) is 28.8 Å². The maximum Gasteiger partial charge on any atom is 0.253 e. The molecule has 1 atom stereocenters. The molecule has 1 unspecified atom stereocenters. The fraction of sp³-hybridized carbons (Fsp3) is 0.286. The number of aryl methyl sites for hydroxylation is 1. The molecule has 0 saturated heterocycles. The Morgan fingerprint density at radius 1 is 1.45 bits per heavy atom. The molecule has 0 aliphatic carbocycles. The molecule has 1 amide bonds. The minimum Gasteiger partial charge on any atom is -0.387 e. The average Bonchev–Trinajstić information content (AvgIpc) is 2.85. The Morgan fingerprint density at radius 2 is 2.20 bits per heavy atom. The molecule has 2 N–H and O–H groups in total. The lowest BCUT2D eigenvalue weighted by Crippen LogP contribution is -2.27. The lowest BCUT2D eigenvalue weighted by molar-refractivity contribution is 0.0940. The fourth-order valence-corrected chi connectivity index (χ4v) is 2.78. The van der Waals surface area contributed by atoms with Crippen LogP contribution in [0.15, 0.2) is 24.4 Å². The molecule has 2 rings (SSSR count). The summed E-state index contributed by atoms with van der Waals surface area (Å²) in [6, 6.07) is 5.06. The number of thiazole rings is 1. The van der Waals surface area contributed by atoms with Crippen molar-refractivity contribution in [1.29, 1.82) is 0 Å². The molecule has 0 aliphatic heterocycles. The van der Waals surface area contributed by atoms with Gasteiger partial charge in [0.25, 0.3) is 5.91 Å². The highest BCUT2D eigenvalue weighted by Gasteiger charge is 2.16. The Hall–Kier alpha value is -1.59. The smallest absolute Gasteiger partial charge is 0.253 e. The number of nitrogens with zero attached hydrogens (tertiary/aromatic N) is 1. The van der Waals surface area contributed by atoms with Crippen LogP contribution in [0.1, 0.15) is 33.2 Å². The number of amides is 1. The summed E-state index contributed by atoms with van der Waals surface area (Å²) in [6.45, 7) is 3.91. The minimum absolute atomic E-state index is 0.134. The van der Waals surface area contributed by atoms with Crippen molar-refractivity contribution in [2.24, 2.45) is 0 Å². The van der Waals surface area contributed by atoms with Gasteiger partial charge in [-0.3, -0.25) is 4.79 Å². The fourth-order valence-electron chi connectivity index (χ4n) is 1.83. The van der Waals surface area contributed by atoms with Gasteiger partial charge in [0.2, 0.25) is 0 Å². The third kappa shape index (κ3) is 3.29. The molecule has 0 fully saturated rings. The van der Waals surface area contributed by atoms with Crippen LogP contribution in [0.3, 0.4) is 0 Å². The summed E-state index contributed by atoms with van der Waals surface area (Å²) in [5.41, 5.74) is 1.27. The quantitative estimate of drug-likeness (QED) is 0.906. The van der Waals surface area contributed by atoms with Crippen molar-refractivity contribution >= 4 is 34.5 Å². The van der Waals surface area contributed by atoms with Crippen molar-refractivity contribution in [3.63, 3.8) is 0 Å². The van der Waals surface area contributed by atoms with E-state index in [2.05, 4.69) is 15.6 Å². The van der Waals surface area contributed by atoms with E-state index in [9.17, 15) is 4.79 Å². The summed E-state index contributed by atoms with van der Waals surface area (Å²) in [4.78, 5) is 17.7. The number of halogens is 1. The summed E-state index contributed by atoms with van der Waals surface area (Å²) in [5.74, 6) is -0.169. The molecule has 0 bridgehead atoms. The van der Waals surface area contributed by atoms with Crippen molar-refractivity contribution in [1.82, 2.24) is 10.3 Å². The SMILES string of the molecule is CNc1ccc(Cl)cc1C(=O)NC(C)c1ncc(C)s1. The van der Waals surface area contributed by atoms with Crippen molar-refractivity contribution in [3.8, 4) is 0 Å². The van der Waals surface area contributed by atoms with E-state index in [0.29, 0.717) is 10.6 Å². The number of carbonyl (C=O) groups is 1. The number of hydrogen-bond donors (Lipinski definition) is 2. The lowest BCUT2D eigenvalue weighted by atomic mass is 10.1. The van der Waals surface area contributed by atoms with Crippen LogP contribution < -0.4 is 10.6 Å². The van der Waals surface area contributed by atoms with Gasteiger partial charge in [0.05, 0.1) is 11.6 Å². The van der Waals surface area contributed by atoms with Gasteiger partial charge in [-0.2, -0.15) is 0 Å². The molecule has 4 nitrogen and oxygen atoms in total. The molecular formula is C14H16ClN3OS. The Balaban J connectivity index is 2.18. The predicted molar refractivity (Wildman–Crippen MR) is 83.7 cm³/mol. The lowest BCUT2D eigenvalue weighted by Gasteiger charge is -2.14. The monoisotopic (exact) mass is 309 g/mol. The molecule has 106 valence electrons. The summed E-state index contributed by atoms with van der Waals surface area (Å²) in [5, 5.41) is 7.35. The predicted octanol–water partition coefficient (Wildman–Crippen LogP) is 3.64. The first-order valence-electron chi connectivity index (χ1n) is 6.21. The van der Waals surface area contributed by atoms with Gasteiger partial charge in [0.1, 0.15) is 5.01 Å². The van der Waals surface area contributed by atoms with Gasteiger partial charge in [0.15, 0.2) is 0 Å². The average molecular weight is 310 g/mol. The minimum atomic E-state index is -0.169. The van der Waals surface area contributed by atoms with E-state index in [-0.39, 0.29) is 11.9 Å². The number of hydrogen-bond acceptors (Lipinski definition) is 4. The molecule has 1 aromatic heterocycles. The first kappa shape index (κ1) is 14.8. The van der Waals surface area contributed by atoms with Crippen molar-refractivity contribution in [3.05, 3.63) is 44.9 Å². The highest BCUT2D eigenvalue weighted by molar-refractivity contribution is 7.11. The van der Waals surface area contributed by atoms with Gasteiger partial charge in [-0.15, -0.1) is 11.3 Å². The van der Waals surface area contributed by atoms with Gasteiger partial charge < -0.3 is 10.6 Å². The summed E-state index contributed by atoms with van der Waals surface area (Å²) in [7, 11) is 1.77. The highest BCUT2D eigenvalue weighted by Crippen LogP contribution is 2.23. The van der Waals surface area contributed by atoms with E-state index in [1.807, 2.05) is 13.8 Å². The molecule has 2 aromatic rings. The zero-order valence-electron chi connectivity index (χ0n) is 11.5. The van der Waals surface area contributed by atoms with E-state index < -0.39 is 0 Å². The standard InChI is InChI=1S/C14H16ClN3OS/c1-8-7-17-14(20-8)9(2)18-13(19)11-6-10(15)4-5-12(11)16-3/h4-7,9,16H,1-3H3,(H,18,19). The van der Waals surface area contributed by atoms with E-state index >= 15 is 0 Å². The van der Waals surface area contributed by atoms with Crippen LogP contribution in [0.4, 0.5) is 5.69 Å². The number of aromatic nitrogens is 1. The summed E-state index contributed by atoms with van der Waals surface area (Å²) < 4.78 is 0. The second-order valence-electron chi connectivity index (χ2n) is 4.44. The number of rotatable bonds is 4. The van der Waals surface area contributed by atoms with Crippen LogP contribution in [0.5, 0.6) is 0 Å². The van der Waals surface area contributed by atoms with Crippen LogP contribution in [0, 0.1) is 6.92 Å². The number of carbonyl (C=O) groups excluding carboxylic acids is 1. The second-order valence-corrected chi connectivity index (χ2v) is 6.15. The third-order valence-corrected chi connectivity index (χ3v) is 4.18. The van der Waals surface area contributed by atoms with Crippen molar-refractivity contribution in [2.75, 3.05) is 12.4 Å². The number of anilines is 1. The van der Waals surface area contributed by atoms with Gasteiger partial charge in [-0.05, 0) is 32.0 Å². The van der Waals surface area contributed by atoms with Crippen molar-refractivity contribution < 1.29 is 4.79 Å². The summed E-state index contributed by atoms with van der Waals surface area (Å²) >= 11 is 7.54. The van der Waals surface area contributed by atoms with Crippen LogP contribution in [0.2, 0.25) is 5.02 Å². The molecule has 0 spiro atoms. The maximum atomic E-state index is 12.3. The first-order valence-corrected chi connectivity index (χ1v) is 7.41. The molecule has 6 heteroatoms. The molecule has 1 aromatic carbocycles. The zero-order valence-corrected chi connectivity index (χ0v) is 13.1. The molecule has 0 radical (unpaired) electrons. The number of nitrogens with one attached hydrogen (secondary N) is 2. The van der Waals surface area contributed by atoms with E-state index in [1.54, 1.807) is 42.8 Å². The Labute approximate surface area is 127 Å². The molecule has 0 aliphatic rings. The topological polar surface area (TPSA) is 54.0 Å². The normalized spacial score (nSPS) is 12.0. The van der Waals surface area contributed by atoms with Gasteiger partial charge in [-0.25, -0.2) is 4.98 Å². The summed E-state index contributed by atoms with van der Waals surface area (Å²) in [6.07, 6.45) is 1.81. The van der Waals surface area contributed by atoms with Gasteiger partial charge in [-0.1, -0.05) is 11.6 Å². The Morgan fingerprint density at radius 3 is 2.80 bits per heavy atom. The largest absolute Gasteiger partial charge is 0.387 e. The highest BCUT2D eigenvalue weighted by atomic mass is 35.5. The Kier molecular flexibility index (Phi) is 4.62. The zero-order chi connectivity index (χ0) is 14.7. The Bertz CT molecular complexity index is 627. The van der Waals surface area contributed by atoms with E-state index in [4.69, 9.17) is 11.6 Å². The second kappa shape index (κ2) is 6.24. The maximum absolute atomic E-state index is 12.3. The van der Waals surface area contributed by atoms with Gasteiger partial charge >= 0.3 is 0 Å². The molecule has 0 saturated carbocycles. The van der Waals surface area contributed by atoms with E-state index in [0.717, 1.165) is 15.6 Å². The molecule has 20 heavy (non-hydrogen) atoms. The van der Waals surface area contributed by atoms with E-state index in [1.165, 1.54) is 0 Å². The van der Waals surface area contributed by atoms with Crippen LogP contribution in [-0.4, -0.2) is 17.9 Å². The molecule has 1 heterocycles. The van der Waals surface area contributed by atoms with Crippen molar-refractivity contribution in [2.45, 2.75) is 19.9 Å². The first-order chi connectivity index (χ1) is 9.51. The third-order valence-electron chi connectivity index (χ3n) is 2.85. The molecular weight excluding hydrogens is 294 g/mol. The number of benzene rings is 1.